The minimum Gasteiger partial charge on any atom is -0.398 e. The van der Waals surface area contributed by atoms with Crippen LogP contribution in [0.25, 0.3) is 0 Å². The van der Waals surface area contributed by atoms with E-state index < -0.39 is 0 Å². The van der Waals surface area contributed by atoms with Crippen molar-refractivity contribution >= 4 is 17.5 Å². The number of nitrogen functional groups attached to an aromatic ring is 1. The fraction of sp³-hybridized carbons (Fsp3) is 0.111. The van der Waals surface area contributed by atoms with Gasteiger partial charge >= 0.3 is 0 Å². The Kier molecular flexibility index (Phi) is 1.85. The highest BCUT2D eigenvalue weighted by molar-refractivity contribution is 6.01. The van der Waals surface area contributed by atoms with Gasteiger partial charge < -0.3 is 5.73 Å². The second-order valence-electron chi connectivity index (χ2n) is 3.05. The standard InChI is InChI=1S/C9H9N3O2/c10-7-3-1-2-5-6(7)4-8(13)11-12-9(5)14/h1-3H,4,10H2,(H,11,13)(H,12,14). The van der Waals surface area contributed by atoms with E-state index in [0.29, 0.717) is 16.8 Å². The van der Waals surface area contributed by atoms with Crippen LogP contribution in [0.3, 0.4) is 0 Å². The van der Waals surface area contributed by atoms with Crippen LogP contribution in [0.1, 0.15) is 15.9 Å². The summed E-state index contributed by atoms with van der Waals surface area (Å²) in [6.07, 6.45) is 0.126. The highest BCUT2D eigenvalue weighted by atomic mass is 16.2. The number of hydrogen-bond acceptors (Lipinski definition) is 3. The smallest absolute Gasteiger partial charge is 0.270 e. The number of rotatable bonds is 0. The van der Waals surface area contributed by atoms with Crippen LogP contribution in [0.5, 0.6) is 0 Å². The fourth-order valence-electron chi connectivity index (χ4n) is 1.41. The van der Waals surface area contributed by atoms with Crippen molar-refractivity contribution in [2.45, 2.75) is 6.42 Å². The zero-order valence-electron chi connectivity index (χ0n) is 7.33. The maximum absolute atomic E-state index is 11.4. The van der Waals surface area contributed by atoms with E-state index in [1.54, 1.807) is 18.2 Å². The van der Waals surface area contributed by atoms with Gasteiger partial charge in [-0.15, -0.1) is 0 Å². The summed E-state index contributed by atoms with van der Waals surface area (Å²) in [4.78, 5) is 22.6. The van der Waals surface area contributed by atoms with Crippen molar-refractivity contribution in [3.05, 3.63) is 29.3 Å². The molecular weight excluding hydrogens is 182 g/mol. The third kappa shape index (κ3) is 1.28. The zero-order valence-corrected chi connectivity index (χ0v) is 7.33. The minimum atomic E-state index is -0.335. The van der Waals surface area contributed by atoms with E-state index >= 15 is 0 Å². The summed E-state index contributed by atoms with van der Waals surface area (Å²) in [6.45, 7) is 0. The molecule has 0 aliphatic carbocycles. The largest absolute Gasteiger partial charge is 0.398 e. The predicted octanol–water partition coefficient (Wildman–Crippen LogP) is -0.414. The highest BCUT2D eigenvalue weighted by Crippen LogP contribution is 2.18. The van der Waals surface area contributed by atoms with Gasteiger partial charge in [-0.3, -0.25) is 20.4 Å². The van der Waals surface area contributed by atoms with E-state index in [9.17, 15) is 9.59 Å². The Morgan fingerprint density at radius 2 is 2.00 bits per heavy atom. The van der Waals surface area contributed by atoms with Crippen LogP contribution in [0.15, 0.2) is 18.2 Å². The first-order chi connectivity index (χ1) is 6.68. The Labute approximate surface area is 80.3 Å². The molecule has 1 aliphatic heterocycles. The number of carbonyl (C=O) groups is 2. The Balaban J connectivity index is 2.57. The van der Waals surface area contributed by atoms with Crippen LogP contribution in [0.4, 0.5) is 5.69 Å². The number of anilines is 1. The molecule has 1 aliphatic rings. The summed E-state index contributed by atoms with van der Waals surface area (Å²) in [5.74, 6) is -0.604. The first-order valence-electron chi connectivity index (χ1n) is 4.15. The lowest BCUT2D eigenvalue weighted by Crippen LogP contribution is -2.39. The van der Waals surface area contributed by atoms with Gasteiger partial charge in [0.2, 0.25) is 5.91 Å². The lowest BCUT2D eigenvalue weighted by molar-refractivity contribution is -0.121. The summed E-state index contributed by atoms with van der Waals surface area (Å²) >= 11 is 0. The Morgan fingerprint density at radius 1 is 1.21 bits per heavy atom. The lowest BCUT2D eigenvalue weighted by atomic mass is 10.0. The fourth-order valence-corrected chi connectivity index (χ4v) is 1.41. The van der Waals surface area contributed by atoms with Crippen molar-refractivity contribution in [2.75, 3.05) is 5.73 Å². The highest BCUT2D eigenvalue weighted by Gasteiger charge is 2.20. The molecule has 5 nitrogen and oxygen atoms in total. The van der Waals surface area contributed by atoms with E-state index in [-0.39, 0.29) is 18.2 Å². The van der Waals surface area contributed by atoms with Gasteiger partial charge in [0, 0.05) is 11.3 Å². The van der Waals surface area contributed by atoms with Crippen LogP contribution in [-0.2, 0) is 11.2 Å². The van der Waals surface area contributed by atoms with E-state index in [1.165, 1.54) is 0 Å². The van der Waals surface area contributed by atoms with E-state index in [4.69, 9.17) is 5.73 Å². The molecule has 0 saturated heterocycles. The average molecular weight is 191 g/mol. The van der Waals surface area contributed by atoms with Gasteiger partial charge in [0.05, 0.1) is 6.42 Å². The summed E-state index contributed by atoms with van der Waals surface area (Å²) in [6, 6.07) is 5.00. The molecule has 0 atom stereocenters. The maximum Gasteiger partial charge on any atom is 0.270 e. The number of nitrogens with two attached hydrogens (primary N) is 1. The molecule has 0 bridgehead atoms. The molecule has 0 saturated carbocycles. The van der Waals surface area contributed by atoms with Crippen molar-refractivity contribution < 1.29 is 9.59 Å². The average Bonchev–Trinajstić information content (AvgIpc) is 2.30. The van der Waals surface area contributed by atoms with Gasteiger partial charge in [-0.1, -0.05) is 6.07 Å². The second-order valence-corrected chi connectivity index (χ2v) is 3.05. The van der Waals surface area contributed by atoms with Crippen LogP contribution in [-0.4, -0.2) is 11.8 Å². The van der Waals surface area contributed by atoms with Crippen molar-refractivity contribution in [2.24, 2.45) is 0 Å². The first-order valence-corrected chi connectivity index (χ1v) is 4.15. The van der Waals surface area contributed by atoms with Gasteiger partial charge in [-0.25, -0.2) is 0 Å². The number of hydrogen-bond donors (Lipinski definition) is 3. The van der Waals surface area contributed by atoms with E-state index in [1.807, 2.05) is 0 Å². The predicted molar refractivity (Wildman–Crippen MR) is 50.2 cm³/mol. The molecule has 2 rings (SSSR count). The molecule has 1 aromatic rings. The second kappa shape index (κ2) is 3.02. The van der Waals surface area contributed by atoms with Gasteiger partial charge in [0.1, 0.15) is 0 Å². The molecule has 1 heterocycles. The van der Waals surface area contributed by atoms with Crippen LogP contribution in [0, 0.1) is 0 Å². The Bertz CT molecular complexity index is 415. The van der Waals surface area contributed by atoms with Gasteiger partial charge in [0.25, 0.3) is 5.91 Å². The molecule has 72 valence electrons. The monoisotopic (exact) mass is 191 g/mol. The van der Waals surface area contributed by atoms with Crippen molar-refractivity contribution in [3.8, 4) is 0 Å². The molecular formula is C9H9N3O2. The SMILES string of the molecule is Nc1cccc2c1CC(=O)NNC2=O. The summed E-state index contributed by atoms with van der Waals surface area (Å²) in [7, 11) is 0. The molecule has 14 heavy (non-hydrogen) atoms. The minimum absolute atomic E-state index is 0.126. The zero-order chi connectivity index (χ0) is 10.1. The molecule has 5 heteroatoms. The molecule has 4 N–H and O–H groups in total. The lowest BCUT2D eigenvalue weighted by Gasteiger charge is -2.04. The normalized spacial score (nSPS) is 15.1. The van der Waals surface area contributed by atoms with Crippen LogP contribution in [0.2, 0.25) is 0 Å². The number of nitrogens with one attached hydrogen (secondary N) is 2. The van der Waals surface area contributed by atoms with Gasteiger partial charge in [-0.2, -0.15) is 0 Å². The Morgan fingerprint density at radius 3 is 2.79 bits per heavy atom. The molecule has 0 fully saturated rings. The van der Waals surface area contributed by atoms with Gasteiger partial charge in [-0.05, 0) is 17.7 Å². The summed E-state index contributed by atoms with van der Waals surface area (Å²) < 4.78 is 0. The van der Waals surface area contributed by atoms with Crippen LogP contribution < -0.4 is 16.6 Å². The molecule has 2 amide bonds. The topological polar surface area (TPSA) is 84.2 Å². The van der Waals surface area contributed by atoms with Crippen molar-refractivity contribution in [1.82, 2.24) is 10.9 Å². The third-order valence-corrected chi connectivity index (χ3v) is 2.11. The molecule has 0 aromatic heterocycles. The molecule has 1 aromatic carbocycles. The van der Waals surface area contributed by atoms with Crippen molar-refractivity contribution in [1.29, 1.82) is 0 Å². The van der Waals surface area contributed by atoms with Crippen LogP contribution >= 0.6 is 0 Å². The molecule has 0 spiro atoms. The summed E-state index contributed by atoms with van der Waals surface area (Å²) in [5, 5.41) is 0. The third-order valence-electron chi connectivity index (χ3n) is 2.11. The first kappa shape index (κ1) is 8.55. The quantitative estimate of drug-likeness (QED) is 0.487. The number of hydrazine groups is 1. The number of benzene rings is 1. The molecule has 0 unspecified atom stereocenters. The van der Waals surface area contributed by atoms with Gasteiger partial charge in [0.15, 0.2) is 0 Å². The van der Waals surface area contributed by atoms with E-state index in [2.05, 4.69) is 10.9 Å². The maximum atomic E-state index is 11.4. The summed E-state index contributed by atoms with van der Waals surface area (Å²) in [5.41, 5.74) is 11.7. The number of carbonyl (C=O) groups excluding carboxylic acids is 2. The number of fused-ring (bicyclic) bond motifs is 1. The van der Waals surface area contributed by atoms with Crippen molar-refractivity contribution in [3.63, 3.8) is 0 Å². The van der Waals surface area contributed by atoms with E-state index in [0.717, 1.165) is 0 Å². The Hall–Kier alpha value is -2.04. The number of amides is 2. The molecule has 0 radical (unpaired) electrons.